The number of benzene rings is 1. The molecule has 2 nitrogen and oxygen atoms in total. The molecule has 0 aromatic heterocycles. The van der Waals surface area contributed by atoms with Crippen LogP contribution in [0.3, 0.4) is 0 Å². The van der Waals surface area contributed by atoms with Gasteiger partial charge in [0.25, 0.3) is 0 Å². The Labute approximate surface area is 162 Å². The van der Waals surface area contributed by atoms with Gasteiger partial charge in [-0.3, -0.25) is 0 Å². The summed E-state index contributed by atoms with van der Waals surface area (Å²) in [6, 6.07) is 10.8. The molecule has 0 N–H and O–H groups in total. The first-order valence-corrected chi connectivity index (χ1v) is 11.1. The van der Waals surface area contributed by atoms with Crippen molar-refractivity contribution in [2.45, 2.75) is 97.1 Å². The summed E-state index contributed by atoms with van der Waals surface area (Å²) >= 11 is 0. The SMILES string of the molecule is CCCCCCCCCCCN1C=CN(c2ccccc2)C1CCCC. The third kappa shape index (κ3) is 7.05. The number of anilines is 1. The first-order valence-electron chi connectivity index (χ1n) is 11.1. The van der Waals surface area contributed by atoms with Gasteiger partial charge in [0.1, 0.15) is 6.17 Å². The fraction of sp³-hybridized carbons (Fsp3) is 0.667. The summed E-state index contributed by atoms with van der Waals surface area (Å²) in [5.41, 5.74) is 1.32. The summed E-state index contributed by atoms with van der Waals surface area (Å²) in [5, 5.41) is 0. The van der Waals surface area contributed by atoms with Crippen molar-refractivity contribution in [3.8, 4) is 0 Å². The van der Waals surface area contributed by atoms with E-state index in [1.54, 1.807) is 0 Å². The van der Waals surface area contributed by atoms with Gasteiger partial charge in [0, 0.05) is 24.6 Å². The van der Waals surface area contributed by atoms with Gasteiger partial charge in [0.15, 0.2) is 0 Å². The van der Waals surface area contributed by atoms with Crippen molar-refractivity contribution < 1.29 is 0 Å². The molecule has 1 unspecified atom stereocenters. The number of para-hydroxylation sites is 1. The Morgan fingerprint density at radius 1 is 0.692 bits per heavy atom. The van der Waals surface area contributed by atoms with Crippen molar-refractivity contribution >= 4 is 5.69 Å². The fourth-order valence-electron chi connectivity index (χ4n) is 3.89. The van der Waals surface area contributed by atoms with Gasteiger partial charge in [-0.1, -0.05) is 89.8 Å². The monoisotopic (exact) mass is 356 g/mol. The lowest BCUT2D eigenvalue weighted by molar-refractivity contribution is 0.274. The number of hydrogen-bond donors (Lipinski definition) is 0. The van der Waals surface area contributed by atoms with Gasteiger partial charge in [-0.25, -0.2) is 0 Å². The molecule has 26 heavy (non-hydrogen) atoms. The second kappa shape index (κ2) is 12.8. The minimum atomic E-state index is 0.506. The maximum atomic E-state index is 2.57. The van der Waals surface area contributed by atoms with Crippen molar-refractivity contribution in [1.82, 2.24) is 4.90 Å². The zero-order chi connectivity index (χ0) is 18.5. The molecular formula is C24H40N2. The molecule has 1 aromatic rings. The molecule has 1 aromatic carbocycles. The van der Waals surface area contributed by atoms with Crippen LogP contribution in [0.15, 0.2) is 42.7 Å². The Kier molecular flexibility index (Phi) is 10.3. The van der Waals surface area contributed by atoms with Crippen molar-refractivity contribution in [2.24, 2.45) is 0 Å². The zero-order valence-electron chi connectivity index (χ0n) is 17.2. The highest BCUT2D eigenvalue weighted by Gasteiger charge is 2.26. The van der Waals surface area contributed by atoms with Gasteiger partial charge >= 0.3 is 0 Å². The average molecular weight is 357 g/mol. The van der Waals surface area contributed by atoms with Gasteiger partial charge in [0.05, 0.1) is 0 Å². The standard InChI is InChI=1S/C24H40N2/c1-3-5-7-8-9-10-11-12-16-20-25-21-22-26(24(25)19-6-4-2)23-17-14-13-15-18-23/h13-15,17-18,21-22,24H,3-12,16,19-20H2,1-2H3. The minimum Gasteiger partial charge on any atom is -0.356 e. The number of hydrogen-bond acceptors (Lipinski definition) is 2. The molecule has 1 aliphatic heterocycles. The molecule has 0 bridgehead atoms. The van der Waals surface area contributed by atoms with E-state index in [0.29, 0.717) is 6.17 Å². The molecule has 0 radical (unpaired) electrons. The van der Waals surface area contributed by atoms with Crippen LogP contribution < -0.4 is 4.90 Å². The van der Waals surface area contributed by atoms with Crippen LogP contribution in [0.4, 0.5) is 5.69 Å². The van der Waals surface area contributed by atoms with Crippen LogP contribution in [-0.2, 0) is 0 Å². The number of nitrogens with zero attached hydrogens (tertiary/aromatic N) is 2. The van der Waals surface area contributed by atoms with Crippen molar-refractivity contribution in [3.63, 3.8) is 0 Å². The summed E-state index contributed by atoms with van der Waals surface area (Å²) in [7, 11) is 0. The van der Waals surface area contributed by atoms with E-state index < -0.39 is 0 Å². The highest BCUT2D eigenvalue weighted by molar-refractivity contribution is 5.51. The predicted molar refractivity (Wildman–Crippen MR) is 115 cm³/mol. The molecular weight excluding hydrogens is 316 g/mol. The average Bonchev–Trinajstić information content (AvgIpc) is 3.08. The number of unbranched alkanes of at least 4 members (excludes halogenated alkanes) is 9. The van der Waals surface area contributed by atoms with Crippen LogP contribution in [0, 0.1) is 0 Å². The largest absolute Gasteiger partial charge is 0.356 e. The highest BCUT2D eigenvalue weighted by atomic mass is 15.4. The Morgan fingerprint density at radius 2 is 1.31 bits per heavy atom. The van der Waals surface area contributed by atoms with Crippen LogP contribution >= 0.6 is 0 Å². The van der Waals surface area contributed by atoms with Crippen molar-refractivity contribution in [2.75, 3.05) is 11.4 Å². The Balaban J connectivity index is 1.69. The van der Waals surface area contributed by atoms with E-state index in [0.717, 1.165) is 0 Å². The van der Waals surface area contributed by atoms with Gasteiger partial charge in [-0.15, -0.1) is 0 Å². The van der Waals surface area contributed by atoms with E-state index in [1.165, 1.54) is 89.3 Å². The molecule has 1 heterocycles. The molecule has 2 rings (SSSR count). The second-order valence-corrected chi connectivity index (χ2v) is 7.73. The Hall–Kier alpha value is -1.44. The summed E-state index contributed by atoms with van der Waals surface area (Å²) in [6.07, 6.45) is 21.5. The third-order valence-electron chi connectivity index (χ3n) is 5.51. The van der Waals surface area contributed by atoms with Gasteiger partial charge in [0.2, 0.25) is 0 Å². The first-order chi connectivity index (χ1) is 12.9. The maximum absolute atomic E-state index is 2.57. The predicted octanol–water partition coefficient (Wildman–Crippen LogP) is 7.33. The van der Waals surface area contributed by atoms with Crippen molar-refractivity contribution in [3.05, 3.63) is 42.7 Å². The van der Waals surface area contributed by atoms with E-state index in [4.69, 9.17) is 0 Å². The highest BCUT2D eigenvalue weighted by Crippen LogP contribution is 2.27. The van der Waals surface area contributed by atoms with Crippen LogP contribution in [-0.4, -0.2) is 17.6 Å². The van der Waals surface area contributed by atoms with Crippen LogP contribution in [0.1, 0.15) is 90.9 Å². The van der Waals surface area contributed by atoms with Gasteiger partial charge in [-0.05, 0) is 31.4 Å². The van der Waals surface area contributed by atoms with Crippen LogP contribution in [0.25, 0.3) is 0 Å². The lowest BCUT2D eigenvalue weighted by atomic mass is 10.1. The van der Waals surface area contributed by atoms with E-state index in [2.05, 4.69) is 66.4 Å². The lowest BCUT2D eigenvalue weighted by Crippen LogP contribution is -2.39. The zero-order valence-corrected chi connectivity index (χ0v) is 17.2. The van der Waals surface area contributed by atoms with E-state index >= 15 is 0 Å². The summed E-state index contributed by atoms with van der Waals surface area (Å²) in [4.78, 5) is 5.04. The second-order valence-electron chi connectivity index (χ2n) is 7.73. The van der Waals surface area contributed by atoms with Gasteiger partial charge in [-0.2, -0.15) is 0 Å². The molecule has 0 saturated heterocycles. The van der Waals surface area contributed by atoms with Crippen LogP contribution in [0.5, 0.6) is 0 Å². The Bertz CT molecular complexity index is 482. The third-order valence-corrected chi connectivity index (χ3v) is 5.51. The smallest absolute Gasteiger partial charge is 0.105 e. The lowest BCUT2D eigenvalue weighted by Gasteiger charge is -2.33. The van der Waals surface area contributed by atoms with Gasteiger partial charge < -0.3 is 9.80 Å². The maximum Gasteiger partial charge on any atom is 0.105 e. The molecule has 2 heteroatoms. The molecule has 0 amide bonds. The molecule has 1 atom stereocenters. The van der Waals surface area contributed by atoms with E-state index in [-0.39, 0.29) is 0 Å². The first kappa shape index (κ1) is 20.9. The van der Waals surface area contributed by atoms with Crippen LogP contribution in [0.2, 0.25) is 0 Å². The number of rotatable bonds is 14. The normalized spacial score (nSPS) is 16.6. The molecule has 0 spiro atoms. The topological polar surface area (TPSA) is 6.48 Å². The van der Waals surface area contributed by atoms with E-state index in [9.17, 15) is 0 Å². The minimum absolute atomic E-state index is 0.506. The molecule has 0 saturated carbocycles. The summed E-state index contributed by atoms with van der Waals surface area (Å²) in [5.74, 6) is 0. The summed E-state index contributed by atoms with van der Waals surface area (Å²) in [6.45, 7) is 5.78. The molecule has 146 valence electrons. The Morgan fingerprint density at radius 3 is 1.96 bits per heavy atom. The fourth-order valence-corrected chi connectivity index (χ4v) is 3.89. The molecule has 0 aliphatic carbocycles. The van der Waals surface area contributed by atoms with E-state index in [1.807, 2.05) is 0 Å². The summed E-state index contributed by atoms with van der Waals surface area (Å²) < 4.78 is 0. The quantitative estimate of drug-likeness (QED) is 0.322. The van der Waals surface area contributed by atoms with Crippen molar-refractivity contribution in [1.29, 1.82) is 0 Å². The molecule has 1 aliphatic rings. The molecule has 0 fully saturated rings.